The summed E-state index contributed by atoms with van der Waals surface area (Å²) < 4.78 is 6.62. The van der Waals surface area contributed by atoms with Crippen molar-refractivity contribution in [3.05, 3.63) is 30.1 Å². The molecule has 0 atom stereocenters. The second-order valence-electron chi connectivity index (χ2n) is 3.23. The van der Waals surface area contributed by atoms with Crippen molar-refractivity contribution in [2.75, 3.05) is 6.61 Å². The number of nitrogens with zero attached hydrogens (tertiary/aromatic N) is 1. The van der Waals surface area contributed by atoms with Crippen LogP contribution in [0.3, 0.4) is 0 Å². The maximum Gasteiger partial charge on any atom is 0.302 e. The average molecular weight is 208 g/mol. The molecule has 0 aliphatic carbocycles. The number of ether oxygens (including phenoxy) is 1. The van der Waals surface area contributed by atoms with Gasteiger partial charge in [0.05, 0.1) is 5.56 Å². The van der Waals surface area contributed by atoms with E-state index in [2.05, 4.69) is 0 Å². The van der Waals surface area contributed by atoms with E-state index in [1.807, 2.05) is 10.8 Å². The second-order valence-corrected chi connectivity index (χ2v) is 3.23. The van der Waals surface area contributed by atoms with Gasteiger partial charge in [-0.15, -0.1) is 0 Å². The molecule has 80 valence electrons. The zero-order chi connectivity index (χ0) is 11.3. The number of Topliss-reactive ketones (excluding diaryl/α,β-unsaturated/α-hetero) is 1. The summed E-state index contributed by atoms with van der Waals surface area (Å²) in [5, 5.41) is 0. The highest BCUT2D eigenvalue weighted by Gasteiger charge is 2.06. The Bertz CT molecular complexity index is 374. The monoisotopic (exact) mass is 208 g/mol. The Morgan fingerprint density at radius 3 is 2.73 bits per heavy atom. The molecular formula is C11H14NO3+. The van der Waals surface area contributed by atoms with Gasteiger partial charge in [0.25, 0.3) is 0 Å². The largest absolute Gasteiger partial charge is 0.459 e. The molecule has 0 saturated heterocycles. The maximum absolute atomic E-state index is 11.1. The molecule has 1 heterocycles. The molecule has 0 fully saturated rings. The summed E-state index contributed by atoms with van der Waals surface area (Å²) in [6.45, 7) is 3.77. The fraction of sp³-hybridized carbons (Fsp3) is 0.364. The van der Waals surface area contributed by atoms with Crippen LogP contribution >= 0.6 is 0 Å². The van der Waals surface area contributed by atoms with Crippen molar-refractivity contribution in [3.8, 4) is 0 Å². The zero-order valence-electron chi connectivity index (χ0n) is 8.90. The quantitative estimate of drug-likeness (QED) is 0.416. The Morgan fingerprint density at radius 1 is 1.40 bits per heavy atom. The number of esters is 1. The van der Waals surface area contributed by atoms with Gasteiger partial charge in [-0.3, -0.25) is 9.59 Å². The van der Waals surface area contributed by atoms with Crippen LogP contribution in [0.15, 0.2) is 24.5 Å². The number of hydrogen-bond acceptors (Lipinski definition) is 3. The molecule has 0 amide bonds. The van der Waals surface area contributed by atoms with E-state index in [9.17, 15) is 9.59 Å². The standard InChI is InChI=1S/C11H14NO3/c1-9(13)11-4-3-5-12(8-11)6-7-15-10(2)14/h3-5,8H,6-7H2,1-2H3/q+1. The number of pyridine rings is 1. The Labute approximate surface area is 88.5 Å². The number of aromatic nitrogens is 1. The predicted molar refractivity (Wildman–Crippen MR) is 53.3 cm³/mol. The Kier molecular flexibility index (Phi) is 3.97. The number of carbonyl (C=O) groups is 2. The number of hydrogen-bond donors (Lipinski definition) is 0. The van der Waals surface area contributed by atoms with Gasteiger partial charge in [0.15, 0.2) is 31.3 Å². The molecule has 0 aromatic carbocycles. The normalized spacial score (nSPS) is 9.73. The Morgan fingerprint density at radius 2 is 2.13 bits per heavy atom. The molecule has 1 aromatic heterocycles. The van der Waals surface area contributed by atoms with Crippen molar-refractivity contribution in [1.29, 1.82) is 0 Å². The SMILES string of the molecule is CC(=O)OCC[n+]1cccc(C(C)=O)c1. The molecule has 0 spiro atoms. The van der Waals surface area contributed by atoms with Crippen LogP contribution in [0.1, 0.15) is 24.2 Å². The van der Waals surface area contributed by atoms with E-state index in [0.29, 0.717) is 18.7 Å². The fourth-order valence-electron chi connectivity index (χ4n) is 1.16. The van der Waals surface area contributed by atoms with Gasteiger partial charge in [-0.2, -0.15) is 0 Å². The number of carbonyl (C=O) groups excluding carboxylic acids is 2. The third-order valence-corrected chi connectivity index (χ3v) is 1.92. The van der Waals surface area contributed by atoms with Crippen molar-refractivity contribution in [2.45, 2.75) is 20.4 Å². The van der Waals surface area contributed by atoms with Gasteiger partial charge in [-0.25, -0.2) is 4.57 Å². The van der Waals surface area contributed by atoms with Gasteiger partial charge in [0, 0.05) is 13.0 Å². The first-order valence-corrected chi connectivity index (χ1v) is 4.73. The Hall–Kier alpha value is -1.71. The summed E-state index contributed by atoms with van der Waals surface area (Å²) in [6.07, 6.45) is 3.57. The van der Waals surface area contributed by atoms with Gasteiger partial charge in [0.2, 0.25) is 0 Å². The van der Waals surface area contributed by atoms with Crippen molar-refractivity contribution in [1.82, 2.24) is 0 Å². The van der Waals surface area contributed by atoms with Crippen LogP contribution in [0.2, 0.25) is 0 Å². The van der Waals surface area contributed by atoms with E-state index in [1.165, 1.54) is 13.8 Å². The lowest BCUT2D eigenvalue weighted by atomic mass is 10.2. The maximum atomic E-state index is 11.1. The van der Waals surface area contributed by atoms with E-state index < -0.39 is 0 Å². The molecule has 0 saturated carbocycles. The van der Waals surface area contributed by atoms with Crippen molar-refractivity contribution >= 4 is 11.8 Å². The molecule has 0 unspecified atom stereocenters. The summed E-state index contributed by atoms with van der Waals surface area (Å²) in [4.78, 5) is 21.6. The minimum absolute atomic E-state index is 0.0248. The van der Waals surface area contributed by atoms with E-state index in [1.54, 1.807) is 18.3 Å². The van der Waals surface area contributed by atoms with Crippen LogP contribution in [0.4, 0.5) is 0 Å². The van der Waals surface area contributed by atoms with Crippen molar-refractivity contribution in [2.24, 2.45) is 0 Å². The highest BCUT2D eigenvalue weighted by molar-refractivity contribution is 5.93. The Balaban J connectivity index is 2.58. The van der Waals surface area contributed by atoms with Crippen molar-refractivity contribution in [3.63, 3.8) is 0 Å². The van der Waals surface area contributed by atoms with Gasteiger partial charge in [0.1, 0.15) is 0 Å². The first-order chi connectivity index (χ1) is 7.09. The molecule has 0 aliphatic rings. The number of ketones is 1. The third kappa shape index (κ3) is 3.89. The van der Waals surface area contributed by atoms with Gasteiger partial charge in [-0.05, 0) is 13.0 Å². The van der Waals surface area contributed by atoms with Crippen LogP contribution in [0.25, 0.3) is 0 Å². The van der Waals surface area contributed by atoms with Gasteiger partial charge >= 0.3 is 5.97 Å². The van der Waals surface area contributed by atoms with Crippen LogP contribution in [0, 0.1) is 0 Å². The predicted octanol–water partition coefficient (Wildman–Crippen LogP) is 0.740. The third-order valence-electron chi connectivity index (χ3n) is 1.92. The fourth-order valence-corrected chi connectivity index (χ4v) is 1.16. The topological polar surface area (TPSA) is 47.2 Å². The molecule has 15 heavy (non-hydrogen) atoms. The van der Waals surface area contributed by atoms with Crippen molar-refractivity contribution < 1.29 is 18.9 Å². The van der Waals surface area contributed by atoms with Crippen LogP contribution in [-0.2, 0) is 16.1 Å². The highest BCUT2D eigenvalue weighted by atomic mass is 16.5. The molecular weight excluding hydrogens is 194 g/mol. The van der Waals surface area contributed by atoms with E-state index in [4.69, 9.17) is 4.74 Å². The highest BCUT2D eigenvalue weighted by Crippen LogP contribution is 1.94. The molecule has 0 radical (unpaired) electrons. The molecule has 4 heteroatoms. The molecule has 1 rings (SSSR count). The first-order valence-electron chi connectivity index (χ1n) is 4.73. The lowest BCUT2D eigenvalue weighted by Crippen LogP contribution is -2.36. The minimum Gasteiger partial charge on any atom is -0.459 e. The molecule has 0 aliphatic heterocycles. The summed E-state index contributed by atoms with van der Waals surface area (Å²) in [5.41, 5.74) is 0.653. The first kappa shape index (κ1) is 11.4. The van der Waals surface area contributed by atoms with Crippen LogP contribution < -0.4 is 4.57 Å². The zero-order valence-corrected chi connectivity index (χ0v) is 8.90. The molecule has 1 aromatic rings. The van der Waals surface area contributed by atoms with Crippen LogP contribution in [-0.4, -0.2) is 18.4 Å². The average Bonchev–Trinajstić information content (AvgIpc) is 2.17. The van der Waals surface area contributed by atoms with Gasteiger partial charge < -0.3 is 4.74 Å². The summed E-state index contributed by atoms with van der Waals surface area (Å²) in [5.74, 6) is -0.268. The summed E-state index contributed by atoms with van der Waals surface area (Å²) in [7, 11) is 0. The van der Waals surface area contributed by atoms with E-state index in [0.717, 1.165) is 0 Å². The van der Waals surface area contributed by atoms with Gasteiger partial charge in [-0.1, -0.05) is 0 Å². The van der Waals surface area contributed by atoms with E-state index in [-0.39, 0.29) is 11.8 Å². The molecule has 0 bridgehead atoms. The number of rotatable bonds is 4. The second kappa shape index (κ2) is 5.24. The lowest BCUT2D eigenvalue weighted by molar-refractivity contribution is -0.698. The minimum atomic E-state index is -0.293. The lowest BCUT2D eigenvalue weighted by Gasteiger charge is -1.99. The molecule has 4 nitrogen and oxygen atoms in total. The molecule has 0 N–H and O–H groups in total. The summed E-state index contributed by atoms with van der Waals surface area (Å²) in [6, 6.07) is 3.55. The van der Waals surface area contributed by atoms with E-state index >= 15 is 0 Å². The summed E-state index contributed by atoms with van der Waals surface area (Å²) >= 11 is 0. The van der Waals surface area contributed by atoms with Crippen LogP contribution in [0.5, 0.6) is 0 Å². The smallest absolute Gasteiger partial charge is 0.302 e.